The molecule has 8 nitrogen and oxygen atoms in total. The molecule has 0 saturated heterocycles. The molecule has 0 bridgehead atoms. The number of benzene rings is 1. The largest absolute Gasteiger partial charge is 0.436 e. The maximum atomic E-state index is 10.9. The van der Waals surface area contributed by atoms with Crippen LogP contribution < -0.4 is 4.74 Å². The van der Waals surface area contributed by atoms with Crippen LogP contribution in [0.1, 0.15) is 18.2 Å². The minimum Gasteiger partial charge on any atom is -0.436 e. The van der Waals surface area contributed by atoms with Gasteiger partial charge in [-0.2, -0.15) is 0 Å². The van der Waals surface area contributed by atoms with Gasteiger partial charge in [0.05, 0.1) is 12.2 Å². The lowest BCUT2D eigenvalue weighted by Gasteiger charge is -2.34. The summed E-state index contributed by atoms with van der Waals surface area (Å²) in [5.41, 5.74) is 4.09. The molecule has 8 heteroatoms. The summed E-state index contributed by atoms with van der Waals surface area (Å²) < 4.78 is 7.71. The maximum absolute atomic E-state index is 10.9. The first kappa shape index (κ1) is 17.8. The van der Waals surface area contributed by atoms with Gasteiger partial charge in [0.25, 0.3) is 0 Å². The highest BCUT2D eigenvalue weighted by molar-refractivity contribution is 5.59. The number of nitro groups is 1. The molecule has 0 spiro atoms. The van der Waals surface area contributed by atoms with Crippen LogP contribution in [0.5, 0.6) is 6.01 Å². The number of imidazole rings is 1. The zero-order valence-electron chi connectivity index (χ0n) is 16.1. The van der Waals surface area contributed by atoms with Crippen LogP contribution in [0.4, 0.5) is 5.82 Å². The quantitative estimate of drug-likeness (QED) is 0.502. The molecule has 0 unspecified atom stereocenters. The average Bonchev–Trinajstić information content (AvgIpc) is 3.23. The number of nitrogens with zero attached hydrogens (tertiary/aromatic N) is 5. The molecule has 2 aliphatic heterocycles. The average molecular weight is 391 g/mol. The lowest BCUT2D eigenvalue weighted by atomic mass is 10.0. The summed E-state index contributed by atoms with van der Waals surface area (Å²) in [6.07, 6.45) is 2.34. The number of hydrogen-bond acceptors (Lipinski definition) is 6. The fraction of sp³-hybridized carbons (Fsp3) is 0.333. The third-order valence-electron chi connectivity index (χ3n) is 5.51. The van der Waals surface area contributed by atoms with Crippen LogP contribution in [-0.2, 0) is 19.5 Å². The van der Waals surface area contributed by atoms with Gasteiger partial charge in [-0.05, 0) is 23.5 Å². The summed E-state index contributed by atoms with van der Waals surface area (Å²) in [6.45, 7) is 5.03. The summed E-state index contributed by atoms with van der Waals surface area (Å²) in [6, 6.07) is 14.8. The molecule has 1 atom stereocenters. The predicted octanol–water partition coefficient (Wildman–Crippen LogP) is 3.06. The van der Waals surface area contributed by atoms with Crippen LogP contribution in [0.2, 0.25) is 0 Å². The second-order valence-corrected chi connectivity index (χ2v) is 7.95. The van der Waals surface area contributed by atoms with Crippen LogP contribution in [0.3, 0.4) is 0 Å². The lowest BCUT2D eigenvalue weighted by Crippen LogP contribution is -2.46. The van der Waals surface area contributed by atoms with E-state index in [0.29, 0.717) is 12.6 Å². The molecular formula is C21H21N5O3. The first-order valence-electron chi connectivity index (χ1n) is 9.66. The van der Waals surface area contributed by atoms with Crippen LogP contribution in [-0.4, -0.2) is 43.0 Å². The van der Waals surface area contributed by atoms with Crippen molar-refractivity contribution in [2.45, 2.75) is 32.0 Å². The van der Waals surface area contributed by atoms with Gasteiger partial charge in [0.2, 0.25) is 0 Å². The van der Waals surface area contributed by atoms with Crippen LogP contribution >= 0.6 is 0 Å². The molecule has 0 aliphatic carbocycles. The Morgan fingerprint density at radius 2 is 2.03 bits per heavy atom. The normalized spacial score (nSPS) is 20.7. The highest BCUT2D eigenvalue weighted by Crippen LogP contribution is 2.32. The molecular weight excluding hydrogens is 370 g/mol. The van der Waals surface area contributed by atoms with Crippen LogP contribution in [0, 0.1) is 10.1 Å². The Morgan fingerprint density at radius 1 is 1.21 bits per heavy atom. The van der Waals surface area contributed by atoms with E-state index in [2.05, 4.69) is 34.1 Å². The number of aromatic nitrogens is 3. The van der Waals surface area contributed by atoms with Crippen molar-refractivity contribution in [3.63, 3.8) is 0 Å². The molecule has 148 valence electrons. The summed E-state index contributed by atoms with van der Waals surface area (Å²) in [5.74, 6) is -0.172. The lowest BCUT2D eigenvalue weighted by molar-refractivity contribution is -0.389. The molecule has 2 aliphatic rings. The number of rotatable bonds is 4. The monoisotopic (exact) mass is 391 g/mol. The summed E-state index contributed by atoms with van der Waals surface area (Å²) in [7, 11) is 0. The molecule has 0 fully saturated rings. The molecule has 3 aromatic rings. The van der Waals surface area contributed by atoms with Crippen molar-refractivity contribution in [2.24, 2.45) is 0 Å². The van der Waals surface area contributed by atoms with Gasteiger partial charge in [0.15, 0.2) is 0 Å². The number of fused-ring (bicyclic) bond motifs is 2. The molecule has 29 heavy (non-hydrogen) atoms. The van der Waals surface area contributed by atoms with E-state index >= 15 is 0 Å². The summed E-state index contributed by atoms with van der Waals surface area (Å²) in [4.78, 5) is 21.6. The molecule has 2 aromatic heterocycles. The highest BCUT2D eigenvalue weighted by atomic mass is 16.6. The first-order valence-corrected chi connectivity index (χ1v) is 9.66. The Kier molecular flexibility index (Phi) is 4.09. The number of pyridine rings is 1. The highest BCUT2D eigenvalue weighted by Gasteiger charge is 2.41. The van der Waals surface area contributed by atoms with Gasteiger partial charge in [-0.15, -0.1) is 0 Å². The van der Waals surface area contributed by atoms with E-state index in [-0.39, 0.29) is 5.82 Å². The Bertz CT molecular complexity index is 1060. The summed E-state index contributed by atoms with van der Waals surface area (Å²) in [5, 5.41) is 10.9. The fourth-order valence-electron chi connectivity index (χ4n) is 4.22. The van der Waals surface area contributed by atoms with Gasteiger partial charge in [-0.3, -0.25) is 14.5 Å². The zero-order valence-corrected chi connectivity index (χ0v) is 16.1. The predicted molar refractivity (Wildman–Crippen MR) is 107 cm³/mol. The molecule has 0 N–H and O–H groups in total. The van der Waals surface area contributed by atoms with E-state index in [1.165, 1.54) is 11.8 Å². The van der Waals surface area contributed by atoms with Gasteiger partial charge in [-0.1, -0.05) is 36.4 Å². The van der Waals surface area contributed by atoms with Crippen LogP contribution in [0.25, 0.3) is 11.3 Å². The number of hydrogen-bond donors (Lipinski definition) is 0. The van der Waals surface area contributed by atoms with E-state index in [0.717, 1.165) is 43.0 Å². The van der Waals surface area contributed by atoms with E-state index in [9.17, 15) is 10.1 Å². The molecule has 0 radical (unpaired) electrons. The SMILES string of the molecule is C[C@]1(CN2CCc3nc(-c4ccccc4)ccc3C2)Cn2cc([N+](=O)[O-])nc2O1. The van der Waals surface area contributed by atoms with E-state index in [1.54, 1.807) is 4.57 Å². The van der Waals surface area contributed by atoms with Crippen molar-refractivity contribution in [1.82, 2.24) is 19.4 Å². The topological polar surface area (TPSA) is 86.3 Å². The molecule has 0 saturated carbocycles. The molecule has 0 amide bonds. The molecule has 5 rings (SSSR count). The summed E-state index contributed by atoms with van der Waals surface area (Å²) >= 11 is 0. The van der Waals surface area contributed by atoms with E-state index < -0.39 is 10.5 Å². The minimum atomic E-state index is -0.496. The number of ether oxygens (including phenoxy) is 1. The van der Waals surface area contributed by atoms with Gasteiger partial charge >= 0.3 is 11.8 Å². The van der Waals surface area contributed by atoms with Gasteiger partial charge in [0, 0.05) is 42.3 Å². The Morgan fingerprint density at radius 3 is 2.79 bits per heavy atom. The van der Waals surface area contributed by atoms with E-state index in [4.69, 9.17) is 9.72 Å². The van der Waals surface area contributed by atoms with Gasteiger partial charge in [0.1, 0.15) is 11.8 Å². The molecule has 1 aromatic carbocycles. The Hall–Kier alpha value is -3.26. The maximum Gasteiger partial charge on any atom is 0.415 e. The first-order chi connectivity index (χ1) is 14.0. The van der Waals surface area contributed by atoms with Crippen LogP contribution in [0.15, 0.2) is 48.7 Å². The van der Waals surface area contributed by atoms with Gasteiger partial charge in [-0.25, -0.2) is 0 Å². The van der Waals surface area contributed by atoms with Crippen molar-refractivity contribution in [3.05, 3.63) is 70.0 Å². The van der Waals surface area contributed by atoms with Crippen molar-refractivity contribution in [3.8, 4) is 17.3 Å². The van der Waals surface area contributed by atoms with Crippen molar-refractivity contribution in [2.75, 3.05) is 13.1 Å². The van der Waals surface area contributed by atoms with Crippen molar-refractivity contribution >= 4 is 5.82 Å². The Balaban J connectivity index is 1.28. The molecule has 4 heterocycles. The third-order valence-corrected chi connectivity index (χ3v) is 5.51. The second kappa shape index (κ2) is 6.66. The minimum absolute atomic E-state index is 0.172. The third kappa shape index (κ3) is 3.36. The smallest absolute Gasteiger partial charge is 0.415 e. The second-order valence-electron chi connectivity index (χ2n) is 7.95. The zero-order chi connectivity index (χ0) is 20.0. The van der Waals surface area contributed by atoms with Crippen molar-refractivity contribution in [1.29, 1.82) is 0 Å². The standard InChI is InChI=1S/C21H21N5O3/c1-21(14-25-12-19(26(27)28)23-20(25)29-21)13-24-10-9-18-16(11-24)7-8-17(22-18)15-5-3-2-4-6-15/h2-8,12H,9-11,13-14H2,1H3/t21-/m0/s1. The Labute approximate surface area is 167 Å². The fourth-order valence-corrected chi connectivity index (χ4v) is 4.22. The van der Waals surface area contributed by atoms with Gasteiger partial charge < -0.3 is 14.9 Å². The van der Waals surface area contributed by atoms with Crippen molar-refractivity contribution < 1.29 is 9.66 Å². The van der Waals surface area contributed by atoms with E-state index in [1.807, 2.05) is 25.1 Å².